The van der Waals surface area contributed by atoms with Gasteiger partial charge in [-0.05, 0) is 11.6 Å². The summed E-state index contributed by atoms with van der Waals surface area (Å²) in [4.78, 5) is 22.9. The van der Waals surface area contributed by atoms with Crippen LogP contribution in [0.3, 0.4) is 0 Å². The fourth-order valence-corrected chi connectivity index (χ4v) is 2.45. The first-order chi connectivity index (χ1) is 10.8. The van der Waals surface area contributed by atoms with Gasteiger partial charge in [-0.25, -0.2) is 9.59 Å². The van der Waals surface area contributed by atoms with Gasteiger partial charge in [0.25, 0.3) is 0 Å². The Morgan fingerprint density at radius 2 is 1.83 bits per heavy atom. The van der Waals surface area contributed by atoms with Crippen molar-refractivity contribution < 1.29 is 34.8 Å². The Kier molecular flexibility index (Phi) is 5.15. The maximum atomic E-state index is 11.8. The number of carbonyl (C=O) groups is 2. The second-order valence-electron chi connectivity index (χ2n) is 5.52. The van der Waals surface area contributed by atoms with Crippen LogP contribution in [0.1, 0.15) is 18.4 Å². The molecule has 1 aliphatic carbocycles. The summed E-state index contributed by atoms with van der Waals surface area (Å²) in [5, 5.41) is 38.5. The highest BCUT2D eigenvalue weighted by Gasteiger charge is 2.50. The highest BCUT2D eigenvalue weighted by molar-refractivity contribution is 5.87. The van der Waals surface area contributed by atoms with Gasteiger partial charge < -0.3 is 25.2 Å². The summed E-state index contributed by atoms with van der Waals surface area (Å²) in [6, 6.07) is 8.94. The molecule has 0 spiro atoms. The van der Waals surface area contributed by atoms with E-state index in [-0.39, 0.29) is 0 Å². The predicted octanol–water partition coefficient (Wildman–Crippen LogP) is -0.0571. The third kappa shape index (κ3) is 4.16. The number of esters is 1. The number of carbonyl (C=O) groups excluding carboxylic acids is 1. The molecule has 1 fully saturated rings. The lowest BCUT2D eigenvalue weighted by atomic mass is 9.79. The summed E-state index contributed by atoms with van der Waals surface area (Å²) >= 11 is 0. The summed E-state index contributed by atoms with van der Waals surface area (Å²) in [6.07, 6.45) is -2.67. The summed E-state index contributed by atoms with van der Waals surface area (Å²) in [5.74, 6) is -2.34. The van der Waals surface area contributed by atoms with Crippen LogP contribution in [-0.4, -0.2) is 56.3 Å². The zero-order chi connectivity index (χ0) is 17.0. The van der Waals surface area contributed by atoms with Crippen LogP contribution in [0.25, 0.3) is 6.08 Å². The Balaban J connectivity index is 2.03. The average molecular weight is 322 g/mol. The van der Waals surface area contributed by atoms with E-state index < -0.39 is 48.7 Å². The summed E-state index contributed by atoms with van der Waals surface area (Å²) < 4.78 is 4.98. The Labute approximate surface area is 132 Å². The van der Waals surface area contributed by atoms with Gasteiger partial charge in [-0.2, -0.15) is 0 Å². The van der Waals surface area contributed by atoms with E-state index in [4.69, 9.17) is 9.84 Å². The van der Waals surface area contributed by atoms with Crippen LogP contribution < -0.4 is 0 Å². The average Bonchev–Trinajstić information content (AvgIpc) is 2.51. The number of rotatable bonds is 4. The molecule has 0 amide bonds. The van der Waals surface area contributed by atoms with Gasteiger partial charge in [-0.3, -0.25) is 0 Å². The number of aliphatic hydroxyl groups excluding tert-OH is 2. The Hall–Kier alpha value is -2.22. The quantitative estimate of drug-likeness (QED) is 0.452. The molecule has 7 heteroatoms. The van der Waals surface area contributed by atoms with Gasteiger partial charge in [-0.15, -0.1) is 0 Å². The van der Waals surface area contributed by atoms with E-state index >= 15 is 0 Å². The van der Waals surface area contributed by atoms with Gasteiger partial charge in [0.05, 0.1) is 6.10 Å². The van der Waals surface area contributed by atoms with Crippen LogP contribution in [0.15, 0.2) is 36.4 Å². The normalized spacial score (nSPS) is 31.0. The van der Waals surface area contributed by atoms with Crippen LogP contribution >= 0.6 is 0 Å². The number of aliphatic carboxylic acids is 1. The minimum absolute atomic E-state index is 0.495. The van der Waals surface area contributed by atoms with Gasteiger partial charge in [0.2, 0.25) is 0 Å². The van der Waals surface area contributed by atoms with Crippen molar-refractivity contribution in [2.75, 3.05) is 0 Å². The van der Waals surface area contributed by atoms with Crippen molar-refractivity contribution in [2.45, 2.75) is 36.8 Å². The fraction of sp³-hybridized carbons (Fsp3) is 0.375. The molecule has 2 rings (SSSR count). The molecule has 0 aromatic heterocycles. The maximum absolute atomic E-state index is 11.8. The molecule has 0 aliphatic heterocycles. The maximum Gasteiger partial charge on any atom is 0.335 e. The predicted molar refractivity (Wildman–Crippen MR) is 79.2 cm³/mol. The SMILES string of the molecule is O=C(/C=C/c1ccccc1)O[C@H]1C[C@](O)(C(=O)O)C[C@H](O)[C@H]1O. The number of carboxylic acid groups (broad SMARTS) is 1. The minimum atomic E-state index is -2.24. The number of hydrogen-bond donors (Lipinski definition) is 4. The Morgan fingerprint density at radius 1 is 1.17 bits per heavy atom. The highest BCUT2D eigenvalue weighted by atomic mass is 16.6. The molecule has 1 aliphatic rings. The third-order valence-electron chi connectivity index (χ3n) is 3.74. The number of benzene rings is 1. The summed E-state index contributed by atoms with van der Waals surface area (Å²) in [6.45, 7) is 0. The molecule has 1 saturated carbocycles. The van der Waals surface area contributed by atoms with E-state index in [0.717, 1.165) is 11.6 Å². The molecule has 23 heavy (non-hydrogen) atoms. The van der Waals surface area contributed by atoms with Crippen molar-refractivity contribution >= 4 is 18.0 Å². The lowest BCUT2D eigenvalue weighted by molar-refractivity contribution is -0.196. The van der Waals surface area contributed by atoms with Crippen LogP contribution in [0.2, 0.25) is 0 Å². The third-order valence-corrected chi connectivity index (χ3v) is 3.74. The van der Waals surface area contributed by atoms with Gasteiger partial charge in [-0.1, -0.05) is 30.3 Å². The lowest BCUT2D eigenvalue weighted by Gasteiger charge is -2.39. The Morgan fingerprint density at radius 3 is 2.43 bits per heavy atom. The van der Waals surface area contributed by atoms with E-state index in [1.807, 2.05) is 6.07 Å². The molecule has 124 valence electrons. The first-order valence-electron chi connectivity index (χ1n) is 7.07. The molecule has 7 nitrogen and oxygen atoms in total. The van der Waals surface area contributed by atoms with Gasteiger partial charge in [0, 0.05) is 18.9 Å². The second-order valence-corrected chi connectivity index (χ2v) is 5.52. The monoisotopic (exact) mass is 322 g/mol. The van der Waals surface area contributed by atoms with Crippen LogP contribution in [-0.2, 0) is 14.3 Å². The van der Waals surface area contributed by atoms with Crippen molar-refractivity contribution in [3.8, 4) is 0 Å². The number of aliphatic hydroxyl groups is 3. The number of ether oxygens (including phenoxy) is 1. The molecular formula is C16H18O7. The fourth-order valence-electron chi connectivity index (χ4n) is 2.45. The second kappa shape index (κ2) is 6.91. The molecule has 0 heterocycles. The summed E-state index contributed by atoms with van der Waals surface area (Å²) in [5.41, 5.74) is -1.48. The van der Waals surface area contributed by atoms with Crippen molar-refractivity contribution in [1.29, 1.82) is 0 Å². The molecule has 1 aromatic rings. The minimum Gasteiger partial charge on any atom is -0.479 e. The van der Waals surface area contributed by atoms with E-state index in [0.29, 0.717) is 0 Å². The van der Waals surface area contributed by atoms with Crippen LogP contribution in [0, 0.1) is 0 Å². The van der Waals surface area contributed by atoms with Crippen molar-refractivity contribution in [3.05, 3.63) is 42.0 Å². The highest BCUT2D eigenvalue weighted by Crippen LogP contribution is 2.31. The molecule has 0 unspecified atom stereocenters. The number of carboxylic acids is 1. The van der Waals surface area contributed by atoms with Crippen molar-refractivity contribution in [1.82, 2.24) is 0 Å². The zero-order valence-corrected chi connectivity index (χ0v) is 12.2. The van der Waals surface area contributed by atoms with Crippen LogP contribution in [0.5, 0.6) is 0 Å². The molecule has 4 atom stereocenters. The molecular weight excluding hydrogens is 304 g/mol. The molecule has 4 N–H and O–H groups in total. The van der Waals surface area contributed by atoms with Crippen molar-refractivity contribution in [2.24, 2.45) is 0 Å². The number of hydrogen-bond acceptors (Lipinski definition) is 6. The van der Waals surface area contributed by atoms with Crippen molar-refractivity contribution in [3.63, 3.8) is 0 Å². The topological polar surface area (TPSA) is 124 Å². The van der Waals surface area contributed by atoms with E-state index in [1.54, 1.807) is 24.3 Å². The first-order valence-corrected chi connectivity index (χ1v) is 7.07. The van der Waals surface area contributed by atoms with E-state index in [9.17, 15) is 24.9 Å². The van der Waals surface area contributed by atoms with Gasteiger partial charge in [0.1, 0.15) is 12.2 Å². The molecule has 1 aromatic carbocycles. The van der Waals surface area contributed by atoms with E-state index in [2.05, 4.69) is 0 Å². The van der Waals surface area contributed by atoms with Gasteiger partial charge >= 0.3 is 11.9 Å². The van der Waals surface area contributed by atoms with E-state index in [1.165, 1.54) is 6.08 Å². The first kappa shape index (κ1) is 17.1. The largest absolute Gasteiger partial charge is 0.479 e. The standard InChI is InChI=1S/C16H18O7/c17-11-8-16(22,15(20)21)9-12(14(11)19)23-13(18)7-6-10-4-2-1-3-5-10/h1-7,11-12,14,17,19,22H,8-9H2,(H,20,21)/b7-6+/t11-,12-,14+,16-/m0/s1. The molecule has 0 saturated heterocycles. The zero-order valence-electron chi connectivity index (χ0n) is 12.2. The summed E-state index contributed by atoms with van der Waals surface area (Å²) in [7, 11) is 0. The molecule has 0 bridgehead atoms. The van der Waals surface area contributed by atoms with Gasteiger partial charge in [0.15, 0.2) is 5.60 Å². The lowest BCUT2D eigenvalue weighted by Crippen LogP contribution is -2.57. The molecule has 0 radical (unpaired) electrons. The Bertz CT molecular complexity index is 598. The smallest absolute Gasteiger partial charge is 0.335 e. The van der Waals surface area contributed by atoms with Crippen LogP contribution in [0.4, 0.5) is 0 Å².